The van der Waals surface area contributed by atoms with Gasteiger partial charge >= 0.3 is 0 Å². The summed E-state index contributed by atoms with van der Waals surface area (Å²) in [6.07, 6.45) is 3.29. The van der Waals surface area contributed by atoms with Crippen molar-refractivity contribution in [2.45, 2.75) is 31.7 Å². The summed E-state index contributed by atoms with van der Waals surface area (Å²) in [7, 11) is 3.11. The molecule has 1 unspecified atom stereocenters. The number of halogens is 1. The molecule has 1 atom stereocenters. The Bertz CT molecular complexity index is 2480. The number of imide groups is 2. The summed E-state index contributed by atoms with van der Waals surface area (Å²) in [6.45, 7) is 2.83. The maximum Gasteiger partial charge on any atom is 0.293 e. The number of benzene rings is 2. The number of carbonyl (C=O) groups excluding carboxylic acids is 6. The maximum absolute atomic E-state index is 13.4. The molecular weight excluding hydrogens is 784 g/mol. The number of hydrogen-bond acceptors (Lipinski definition) is 13. The fourth-order valence-electron chi connectivity index (χ4n) is 8.00. The Balaban J connectivity index is 0.860. The third kappa shape index (κ3) is 7.74. The number of likely N-dealkylation sites (N-methyl/N-ethyl adjacent to an activating group) is 1. The van der Waals surface area contributed by atoms with Gasteiger partial charge in [-0.05, 0) is 67.6 Å². The molecule has 3 fully saturated rings. The molecule has 4 aliphatic heterocycles. The van der Waals surface area contributed by atoms with Crippen molar-refractivity contribution in [3.05, 3.63) is 75.2 Å². The van der Waals surface area contributed by atoms with Gasteiger partial charge < -0.3 is 34.6 Å². The minimum Gasteiger partial charge on any atom is -0.478 e. The fraction of sp³-hybridized carbons (Fsp3) is 0.375. The summed E-state index contributed by atoms with van der Waals surface area (Å²) in [5.41, 5.74) is 2.21. The van der Waals surface area contributed by atoms with Crippen LogP contribution in [0.4, 0.5) is 23.1 Å². The minimum atomic E-state index is -1.01. The predicted octanol–water partition coefficient (Wildman–Crippen LogP) is 1.82. The van der Waals surface area contributed by atoms with Crippen LogP contribution in [0, 0.1) is 5.92 Å². The Kier molecular flexibility index (Phi) is 10.7. The second-order valence-electron chi connectivity index (χ2n) is 15.0. The van der Waals surface area contributed by atoms with Gasteiger partial charge in [0, 0.05) is 70.0 Å². The van der Waals surface area contributed by atoms with E-state index in [0.29, 0.717) is 61.1 Å². The van der Waals surface area contributed by atoms with Crippen LogP contribution in [0.1, 0.15) is 46.4 Å². The van der Waals surface area contributed by atoms with Crippen molar-refractivity contribution in [3.8, 4) is 5.75 Å². The lowest BCUT2D eigenvalue weighted by atomic mass is 9.95. The Morgan fingerprint density at radius 3 is 2.46 bits per heavy atom. The molecule has 306 valence electrons. The molecule has 6 amide bonds. The average molecular weight is 825 g/mol. The zero-order valence-electron chi connectivity index (χ0n) is 32.3. The number of pyridine rings is 1. The number of piperazine rings is 1. The van der Waals surface area contributed by atoms with E-state index in [9.17, 15) is 33.6 Å². The molecule has 0 saturated carbocycles. The largest absolute Gasteiger partial charge is 0.478 e. The Labute approximate surface area is 342 Å². The third-order valence-corrected chi connectivity index (χ3v) is 11.6. The van der Waals surface area contributed by atoms with E-state index in [4.69, 9.17) is 16.3 Å². The van der Waals surface area contributed by atoms with Crippen LogP contribution in [0.25, 0.3) is 10.9 Å². The number of piperidine rings is 2. The van der Waals surface area contributed by atoms with Gasteiger partial charge in [-0.2, -0.15) is 4.98 Å². The summed E-state index contributed by atoms with van der Waals surface area (Å²) < 4.78 is 6.92. The monoisotopic (exact) mass is 824 g/mol. The van der Waals surface area contributed by atoms with Gasteiger partial charge in [-0.1, -0.05) is 11.6 Å². The zero-order valence-corrected chi connectivity index (χ0v) is 33.1. The minimum absolute atomic E-state index is 0.0357. The molecular formula is C40H41ClN10O8. The van der Waals surface area contributed by atoms with Crippen molar-refractivity contribution >= 4 is 81.1 Å². The van der Waals surface area contributed by atoms with Crippen molar-refractivity contribution in [2.24, 2.45) is 13.0 Å². The van der Waals surface area contributed by atoms with Gasteiger partial charge in [0.1, 0.15) is 11.1 Å². The highest BCUT2D eigenvalue weighted by Gasteiger charge is 2.45. The molecule has 4 aromatic rings. The topological polar surface area (TPSA) is 208 Å². The van der Waals surface area contributed by atoms with E-state index in [1.807, 2.05) is 15.9 Å². The lowest BCUT2D eigenvalue weighted by Gasteiger charge is -2.39. The van der Waals surface area contributed by atoms with Crippen LogP contribution >= 0.6 is 11.6 Å². The highest BCUT2D eigenvalue weighted by atomic mass is 35.5. The highest BCUT2D eigenvalue weighted by molar-refractivity contribution is 6.33. The maximum atomic E-state index is 13.4. The number of aryl methyl sites for hydroxylation is 1. The number of aromatic nitrogens is 3. The molecule has 8 rings (SSSR count). The van der Waals surface area contributed by atoms with Gasteiger partial charge in [-0.3, -0.25) is 43.8 Å². The first-order valence-corrected chi connectivity index (χ1v) is 19.7. The van der Waals surface area contributed by atoms with Gasteiger partial charge in [0.25, 0.3) is 23.3 Å². The lowest BCUT2D eigenvalue weighted by Crippen LogP contribution is -2.54. The van der Waals surface area contributed by atoms with Gasteiger partial charge in [-0.25, -0.2) is 4.98 Å². The van der Waals surface area contributed by atoms with Crippen molar-refractivity contribution in [2.75, 3.05) is 68.0 Å². The smallest absolute Gasteiger partial charge is 0.293 e. The van der Waals surface area contributed by atoms with Crippen LogP contribution in [0.3, 0.4) is 0 Å². The van der Waals surface area contributed by atoms with E-state index in [1.165, 1.54) is 17.8 Å². The number of rotatable bonds is 10. The number of hydrogen-bond donors (Lipinski definition) is 3. The molecule has 18 nitrogen and oxygen atoms in total. The van der Waals surface area contributed by atoms with Gasteiger partial charge in [0.2, 0.25) is 23.7 Å². The molecule has 4 aliphatic rings. The van der Waals surface area contributed by atoms with Crippen LogP contribution in [-0.4, -0.2) is 119 Å². The fourth-order valence-corrected chi connectivity index (χ4v) is 8.14. The van der Waals surface area contributed by atoms with Gasteiger partial charge in [0.05, 0.1) is 29.4 Å². The molecule has 0 bridgehead atoms. The molecule has 3 N–H and O–H groups in total. The van der Waals surface area contributed by atoms with Crippen LogP contribution in [0.5, 0.6) is 5.75 Å². The summed E-state index contributed by atoms with van der Waals surface area (Å²) in [6, 6.07) is 11.1. The Morgan fingerprint density at radius 1 is 0.932 bits per heavy atom. The number of ether oxygens (including phenoxy) is 1. The van der Waals surface area contributed by atoms with Crippen molar-refractivity contribution in [1.29, 1.82) is 0 Å². The molecule has 0 spiro atoms. The summed E-state index contributed by atoms with van der Waals surface area (Å²) in [4.78, 5) is 104. The molecule has 3 saturated heterocycles. The molecule has 0 aliphatic carbocycles. The van der Waals surface area contributed by atoms with Gasteiger partial charge in [-0.15, -0.1) is 0 Å². The van der Waals surface area contributed by atoms with Crippen LogP contribution in [0.15, 0.2) is 53.5 Å². The van der Waals surface area contributed by atoms with E-state index in [0.717, 1.165) is 23.4 Å². The summed E-state index contributed by atoms with van der Waals surface area (Å²) >= 11 is 6.51. The van der Waals surface area contributed by atoms with Crippen molar-refractivity contribution < 1.29 is 33.5 Å². The number of carbonyl (C=O) groups is 6. The number of anilines is 4. The predicted molar refractivity (Wildman–Crippen MR) is 216 cm³/mol. The van der Waals surface area contributed by atoms with Crippen LogP contribution in [0.2, 0.25) is 5.02 Å². The first-order chi connectivity index (χ1) is 28.4. The molecule has 2 aromatic heterocycles. The lowest BCUT2D eigenvalue weighted by molar-refractivity contribution is -0.136. The third-order valence-electron chi connectivity index (χ3n) is 11.3. The first kappa shape index (κ1) is 39.3. The SMILES string of the molecule is CNC(=O)COc1cc2cc(Nc3nc(N4CCN(CC5CCN(c6ccc7c(c6)C(=O)N(C6CCC(=O)NC6=O)C7=O)CC5)C(=O)C4)ncc3Cl)ccc2n(C)c1=O. The number of amides is 6. The molecule has 19 heteroatoms. The van der Waals surface area contributed by atoms with Crippen molar-refractivity contribution in [3.63, 3.8) is 0 Å². The number of nitrogens with zero attached hydrogens (tertiary/aromatic N) is 7. The van der Waals surface area contributed by atoms with E-state index in [-0.39, 0.29) is 71.2 Å². The second kappa shape index (κ2) is 16.0. The number of fused-ring (bicyclic) bond motifs is 2. The molecule has 59 heavy (non-hydrogen) atoms. The molecule has 2 aromatic carbocycles. The van der Waals surface area contributed by atoms with E-state index >= 15 is 0 Å². The Morgan fingerprint density at radius 2 is 1.71 bits per heavy atom. The second-order valence-corrected chi connectivity index (χ2v) is 15.4. The summed E-state index contributed by atoms with van der Waals surface area (Å²) in [5, 5.41) is 8.85. The van der Waals surface area contributed by atoms with Gasteiger partial charge in [0.15, 0.2) is 18.2 Å². The van der Waals surface area contributed by atoms with Crippen LogP contribution in [-0.2, 0) is 26.2 Å². The molecule has 6 heterocycles. The average Bonchev–Trinajstić information content (AvgIpc) is 3.48. The standard InChI is InChI=1S/C40H41ClN10O8/c1-42-33(53)21-59-31-16-23-15-24(3-6-29(23)47(2)39(31)58)44-35-28(41)18-43-40(46-35)50-14-13-49(34(54)20-50)19-22-9-11-48(12-10-22)25-4-5-26-27(17-25)38(57)51(37(26)56)30-7-8-32(52)45-36(30)55/h3-6,15-18,22,30H,7-14,19-21H2,1-2H3,(H,42,53)(H,43,44,46)(H,45,52,55). The van der Waals surface area contributed by atoms with E-state index in [1.54, 1.807) is 43.4 Å². The highest BCUT2D eigenvalue weighted by Crippen LogP contribution is 2.33. The quantitative estimate of drug-likeness (QED) is 0.195. The zero-order chi connectivity index (χ0) is 41.5. The Hall–Kier alpha value is -6.56. The van der Waals surface area contributed by atoms with Crippen molar-refractivity contribution in [1.82, 2.24) is 35.0 Å². The van der Waals surface area contributed by atoms with E-state index in [2.05, 4.69) is 30.8 Å². The number of nitrogens with one attached hydrogen (secondary N) is 3. The molecule has 0 radical (unpaired) electrons. The summed E-state index contributed by atoms with van der Waals surface area (Å²) in [5.74, 6) is -1.54. The first-order valence-electron chi connectivity index (χ1n) is 19.3. The van der Waals surface area contributed by atoms with Crippen LogP contribution < -0.4 is 36.0 Å². The normalized spacial score (nSPS) is 18.7. The van der Waals surface area contributed by atoms with E-state index < -0.39 is 29.7 Å².